The minimum absolute atomic E-state index is 0.127. The van der Waals surface area contributed by atoms with Gasteiger partial charge in [0.2, 0.25) is 0 Å². The number of aromatic nitrogens is 1. The van der Waals surface area contributed by atoms with Gasteiger partial charge < -0.3 is 10.1 Å². The summed E-state index contributed by atoms with van der Waals surface area (Å²) in [6.45, 7) is 2.97. The van der Waals surface area contributed by atoms with Crippen LogP contribution in [0.2, 0.25) is 0 Å². The second kappa shape index (κ2) is 9.87. The van der Waals surface area contributed by atoms with Crippen molar-refractivity contribution in [2.75, 3.05) is 20.2 Å². The van der Waals surface area contributed by atoms with Crippen molar-refractivity contribution in [1.29, 1.82) is 0 Å². The van der Waals surface area contributed by atoms with E-state index in [4.69, 9.17) is 4.74 Å². The van der Waals surface area contributed by atoms with Crippen LogP contribution in [0, 0.1) is 5.92 Å². The van der Waals surface area contributed by atoms with Crippen LogP contribution in [0.25, 0.3) is 0 Å². The molecule has 0 radical (unpaired) electrons. The number of nitrogens with one attached hydrogen (secondary N) is 1. The van der Waals surface area contributed by atoms with E-state index in [9.17, 15) is 4.79 Å². The summed E-state index contributed by atoms with van der Waals surface area (Å²) in [5.41, 5.74) is 2.81. The molecule has 5 nitrogen and oxygen atoms in total. The highest BCUT2D eigenvalue weighted by Crippen LogP contribution is 2.31. The number of carbonyl (C=O) groups is 1. The molecule has 2 unspecified atom stereocenters. The number of ether oxygens (including phenoxy) is 1. The summed E-state index contributed by atoms with van der Waals surface area (Å²) in [5, 5.41) is 7.60. The zero-order valence-electron chi connectivity index (χ0n) is 17.2. The number of likely N-dealkylation sites (tertiary alicyclic amines) is 1. The Balaban J connectivity index is 1.55. The maximum atomic E-state index is 13.2. The van der Waals surface area contributed by atoms with Crippen LogP contribution in [0.4, 0.5) is 0 Å². The van der Waals surface area contributed by atoms with Crippen LogP contribution in [0.5, 0.6) is 5.75 Å². The maximum Gasteiger partial charge on any atom is 0.255 e. The van der Waals surface area contributed by atoms with Crippen molar-refractivity contribution in [2.24, 2.45) is 5.92 Å². The molecule has 3 aromatic rings. The molecule has 0 aliphatic carbocycles. The van der Waals surface area contributed by atoms with Gasteiger partial charge in [-0.15, -0.1) is 0 Å². The fourth-order valence-corrected chi connectivity index (χ4v) is 4.85. The van der Waals surface area contributed by atoms with E-state index >= 15 is 0 Å². The first-order chi connectivity index (χ1) is 14.7. The Hall–Kier alpha value is -2.70. The van der Waals surface area contributed by atoms with E-state index in [2.05, 4.69) is 32.0 Å². The average Bonchev–Trinajstić information content (AvgIpc) is 3.31. The van der Waals surface area contributed by atoms with Crippen molar-refractivity contribution in [2.45, 2.75) is 25.4 Å². The second-order valence-corrected chi connectivity index (χ2v) is 8.46. The van der Waals surface area contributed by atoms with Crippen molar-refractivity contribution in [3.05, 3.63) is 82.3 Å². The van der Waals surface area contributed by atoms with Crippen LogP contribution in [0.1, 0.15) is 40.5 Å². The molecule has 0 bridgehead atoms. The van der Waals surface area contributed by atoms with Gasteiger partial charge in [0, 0.05) is 19.3 Å². The van der Waals surface area contributed by atoms with Gasteiger partial charge in [-0.1, -0.05) is 18.2 Å². The van der Waals surface area contributed by atoms with Crippen LogP contribution in [0.3, 0.4) is 0 Å². The number of carbonyl (C=O) groups excluding carboxylic acids is 1. The predicted molar refractivity (Wildman–Crippen MR) is 120 cm³/mol. The number of thiophene rings is 1. The van der Waals surface area contributed by atoms with E-state index in [-0.39, 0.29) is 11.9 Å². The zero-order chi connectivity index (χ0) is 20.8. The Morgan fingerprint density at radius 2 is 2.13 bits per heavy atom. The van der Waals surface area contributed by atoms with E-state index in [0.717, 1.165) is 38.2 Å². The van der Waals surface area contributed by atoms with Crippen molar-refractivity contribution in [3.8, 4) is 5.75 Å². The van der Waals surface area contributed by atoms with Gasteiger partial charge >= 0.3 is 0 Å². The van der Waals surface area contributed by atoms with Crippen molar-refractivity contribution in [1.82, 2.24) is 15.2 Å². The molecule has 1 fully saturated rings. The molecule has 2 aromatic heterocycles. The Labute approximate surface area is 181 Å². The quantitative estimate of drug-likeness (QED) is 0.609. The van der Waals surface area contributed by atoms with E-state index in [0.29, 0.717) is 17.2 Å². The molecule has 1 aliphatic heterocycles. The number of nitrogens with zero attached hydrogens (tertiary/aromatic N) is 2. The monoisotopic (exact) mass is 421 g/mol. The lowest BCUT2D eigenvalue weighted by molar-refractivity contribution is 0.0872. The number of para-hydroxylation sites is 1. The van der Waals surface area contributed by atoms with Crippen LogP contribution < -0.4 is 10.1 Å². The summed E-state index contributed by atoms with van der Waals surface area (Å²) in [4.78, 5) is 20.2. The lowest BCUT2D eigenvalue weighted by Crippen LogP contribution is -2.43. The van der Waals surface area contributed by atoms with Gasteiger partial charge in [-0.3, -0.25) is 14.7 Å². The van der Waals surface area contributed by atoms with Gasteiger partial charge in [0.25, 0.3) is 5.91 Å². The minimum Gasteiger partial charge on any atom is -0.496 e. The molecule has 0 saturated carbocycles. The van der Waals surface area contributed by atoms with E-state index in [1.54, 1.807) is 30.7 Å². The highest BCUT2D eigenvalue weighted by molar-refractivity contribution is 7.07. The molecule has 30 heavy (non-hydrogen) atoms. The molecule has 2 atom stereocenters. The summed E-state index contributed by atoms with van der Waals surface area (Å²) < 4.78 is 5.39. The number of methoxy groups -OCH3 is 1. The first-order valence-corrected chi connectivity index (χ1v) is 11.3. The summed E-state index contributed by atoms with van der Waals surface area (Å²) in [7, 11) is 1.59. The number of hydrogen-bond acceptors (Lipinski definition) is 5. The van der Waals surface area contributed by atoms with Gasteiger partial charge in [0.1, 0.15) is 5.75 Å². The smallest absolute Gasteiger partial charge is 0.255 e. The maximum absolute atomic E-state index is 13.2. The number of pyridine rings is 1. The van der Waals surface area contributed by atoms with Gasteiger partial charge in [0.15, 0.2) is 0 Å². The fraction of sp³-hybridized carbons (Fsp3) is 0.333. The third-order valence-corrected chi connectivity index (χ3v) is 6.38. The van der Waals surface area contributed by atoms with Crippen LogP contribution in [0.15, 0.2) is 65.5 Å². The largest absolute Gasteiger partial charge is 0.496 e. The van der Waals surface area contributed by atoms with Gasteiger partial charge in [-0.25, -0.2) is 0 Å². The summed E-state index contributed by atoms with van der Waals surface area (Å²) in [6, 6.07) is 15.3. The Bertz CT molecular complexity index is 946. The topological polar surface area (TPSA) is 54.5 Å². The Morgan fingerprint density at radius 1 is 1.27 bits per heavy atom. The molecule has 4 rings (SSSR count). The lowest BCUT2D eigenvalue weighted by atomic mass is 9.88. The molecular weight excluding hydrogens is 394 g/mol. The third-order valence-electron chi connectivity index (χ3n) is 5.64. The highest BCUT2D eigenvalue weighted by Gasteiger charge is 2.31. The summed E-state index contributed by atoms with van der Waals surface area (Å²) >= 11 is 1.74. The molecule has 1 saturated heterocycles. The number of rotatable bonds is 7. The second-order valence-electron chi connectivity index (χ2n) is 7.68. The first-order valence-electron chi connectivity index (χ1n) is 10.3. The molecule has 0 spiro atoms. The molecule has 3 heterocycles. The molecule has 6 heteroatoms. The van der Waals surface area contributed by atoms with Crippen LogP contribution in [-0.4, -0.2) is 36.0 Å². The third kappa shape index (κ3) is 4.89. The van der Waals surface area contributed by atoms with Gasteiger partial charge in [-0.05, 0) is 72.0 Å². The number of amides is 1. The van der Waals surface area contributed by atoms with E-state index in [1.165, 1.54) is 5.56 Å². The average molecular weight is 422 g/mol. The van der Waals surface area contributed by atoms with Crippen LogP contribution in [-0.2, 0) is 6.54 Å². The fourth-order valence-electron chi connectivity index (χ4n) is 4.19. The van der Waals surface area contributed by atoms with E-state index < -0.39 is 0 Å². The number of hydrogen-bond donors (Lipinski definition) is 1. The normalized spacial score (nSPS) is 18.0. The predicted octanol–water partition coefficient (Wildman–Crippen LogP) is 4.54. The Kier molecular flexibility index (Phi) is 6.77. The minimum atomic E-state index is -0.145. The van der Waals surface area contributed by atoms with Gasteiger partial charge in [0.05, 0.1) is 24.4 Å². The SMILES string of the molecule is COc1ccccc1C(=O)NC(c1ccccn1)C1CCCN(Cc2ccsc2)C1. The van der Waals surface area contributed by atoms with Crippen molar-refractivity contribution >= 4 is 17.2 Å². The molecule has 1 aromatic carbocycles. The molecule has 156 valence electrons. The first kappa shape index (κ1) is 20.6. The molecular formula is C24H27N3O2S. The Morgan fingerprint density at radius 3 is 2.90 bits per heavy atom. The lowest BCUT2D eigenvalue weighted by Gasteiger charge is -2.37. The molecule has 1 aliphatic rings. The standard InChI is InChI=1S/C24H27N3O2S/c1-29-22-10-3-2-8-20(22)24(28)26-23(21-9-4-5-12-25-21)19-7-6-13-27(16-19)15-18-11-14-30-17-18/h2-5,8-12,14,17,19,23H,6-7,13,15-16H2,1H3,(H,26,28). The van der Waals surface area contributed by atoms with Gasteiger partial charge in [-0.2, -0.15) is 11.3 Å². The van der Waals surface area contributed by atoms with Crippen molar-refractivity contribution in [3.63, 3.8) is 0 Å². The number of benzene rings is 1. The zero-order valence-corrected chi connectivity index (χ0v) is 18.0. The van der Waals surface area contributed by atoms with Crippen LogP contribution >= 0.6 is 11.3 Å². The van der Waals surface area contributed by atoms with Crippen molar-refractivity contribution < 1.29 is 9.53 Å². The molecule has 1 N–H and O–H groups in total. The molecule has 1 amide bonds. The number of piperidine rings is 1. The summed E-state index contributed by atoms with van der Waals surface area (Å²) in [6.07, 6.45) is 3.97. The highest BCUT2D eigenvalue weighted by atomic mass is 32.1. The van der Waals surface area contributed by atoms with E-state index in [1.807, 2.05) is 36.4 Å². The summed E-state index contributed by atoms with van der Waals surface area (Å²) in [5.74, 6) is 0.751.